The van der Waals surface area contributed by atoms with Crippen molar-refractivity contribution in [3.8, 4) is 5.75 Å². The molecule has 5 atom stereocenters. The molecule has 228 valence electrons. The number of hydrogen-bond donors (Lipinski definition) is 5. The number of nitrogens with one attached hydrogen (secondary N) is 2. The molecule has 0 radical (unpaired) electrons. The van der Waals surface area contributed by atoms with Crippen LogP contribution in [0.3, 0.4) is 0 Å². The number of anilines is 3. The third-order valence-corrected chi connectivity index (χ3v) is 11.4. The van der Waals surface area contributed by atoms with Gasteiger partial charge in [-0.1, -0.05) is 6.92 Å². The molecule has 2 aromatic rings. The molecule has 42 heavy (non-hydrogen) atoms. The molecule has 5 rings (SSSR count). The SMILES string of the molecule is CCOc1ccc2c(c1)CC(NCCCCO)C(=O)N2c1ccc2c(c1)[C@@]1(O[C@H](CCO)[C@@H]([Si](C)(C)O)[C@@H]1C)C(=O)N2. The van der Waals surface area contributed by atoms with Crippen molar-refractivity contribution in [2.75, 3.05) is 36.6 Å². The van der Waals surface area contributed by atoms with Gasteiger partial charge in [0.05, 0.1) is 24.4 Å². The van der Waals surface area contributed by atoms with E-state index in [9.17, 15) is 24.6 Å². The molecule has 3 heterocycles. The molecule has 2 amide bonds. The minimum atomic E-state index is -2.79. The summed E-state index contributed by atoms with van der Waals surface area (Å²) in [6.07, 6.45) is 1.75. The molecule has 0 bridgehead atoms. The van der Waals surface area contributed by atoms with Crippen LogP contribution in [0.2, 0.25) is 18.6 Å². The average molecular weight is 598 g/mol. The zero-order valence-corrected chi connectivity index (χ0v) is 25.9. The highest BCUT2D eigenvalue weighted by molar-refractivity contribution is 6.71. The van der Waals surface area contributed by atoms with Gasteiger partial charge in [0, 0.05) is 41.6 Å². The monoisotopic (exact) mass is 597 g/mol. The van der Waals surface area contributed by atoms with E-state index in [0.717, 1.165) is 23.4 Å². The molecular weight excluding hydrogens is 554 g/mol. The van der Waals surface area contributed by atoms with Crippen molar-refractivity contribution in [3.05, 3.63) is 47.5 Å². The van der Waals surface area contributed by atoms with Crippen molar-refractivity contribution in [1.29, 1.82) is 0 Å². The Bertz CT molecular complexity index is 1330. The lowest BCUT2D eigenvalue weighted by atomic mass is 9.82. The number of amides is 2. The van der Waals surface area contributed by atoms with Gasteiger partial charge in [-0.3, -0.25) is 14.5 Å². The fourth-order valence-electron chi connectivity index (χ4n) is 7.14. The molecule has 0 aliphatic carbocycles. The predicted molar refractivity (Wildman–Crippen MR) is 163 cm³/mol. The number of fused-ring (bicyclic) bond motifs is 3. The largest absolute Gasteiger partial charge is 0.494 e. The van der Waals surface area contributed by atoms with Crippen LogP contribution in [0, 0.1) is 5.92 Å². The summed E-state index contributed by atoms with van der Waals surface area (Å²) in [7, 11) is -2.79. The van der Waals surface area contributed by atoms with Crippen LogP contribution in [0.5, 0.6) is 5.75 Å². The van der Waals surface area contributed by atoms with E-state index in [1.807, 2.05) is 63.3 Å². The minimum Gasteiger partial charge on any atom is -0.494 e. The molecule has 1 spiro atoms. The number of aliphatic hydroxyl groups excluding tert-OH is 2. The average Bonchev–Trinajstić information content (AvgIpc) is 3.40. The highest BCUT2D eigenvalue weighted by Crippen LogP contribution is 2.58. The predicted octanol–water partition coefficient (Wildman–Crippen LogP) is 3.17. The first-order chi connectivity index (χ1) is 20.1. The first kappa shape index (κ1) is 30.6. The lowest BCUT2D eigenvalue weighted by molar-refractivity contribution is -0.143. The van der Waals surface area contributed by atoms with Crippen LogP contribution in [0.25, 0.3) is 0 Å². The Morgan fingerprint density at radius 1 is 1.14 bits per heavy atom. The van der Waals surface area contributed by atoms with E-state index in [-0.39, 0.29) is 36.5 Å². The Morgan fingerprint density at radius 2 is 1.93 bits per heavy atom. The quantitative estimate of drug-likeness (QED) is 0.197. The highest BCUT2D eigenvalue weighted by Gasteiger charge is 2.64. The van der Waals surface area contributed by atoms with Gasteiger partial charge in [0.2, 0.25) is 5.91 Å². The lowest BCUT2D eigenvalue weighted by Crippen LogP contribution is -2.49. The summed E-state index contributed by atoms with van der Waals surface area (Å²) >= 11 is 0. The van der Waals surface area contributed by atoms with Crippen LogP contribution >= 0.6 is 0 Å². The summed E-state index contributed by atoms with van der Waals surface area (Å²) < 4.78 is 12.3. The summed E-state index contributed by atoms with van der Waals surface area (Å²) in [6.45, 7) is 8.68. The van der Waals surface area contributed by atoms with Crippen LogP contribution in [-0.4, -0.2) is 73.7 Å². The van der Waals surface area contributed by atoms with Gasteiger partial charge in [-0.2, -0.15) is 0 Å². The van der Waals surface area contributed by atoms with Crippen LogP contribution < -0.4 is 20.3 Å². The van der Waals surface area contributed by atoms with Crippen LogP contribution in [0.15, 0.2) is 36.4 Å². The normalized spacial score (nSPS) is 26.9. The smallest absolute Gasteiger partial charge is 0.261 e. The minimum absolute atomic E-state index is 0.104. The van der Waals surface area contributed by atoms with E-state index in [1.165, 1.54) is 0 Å². The van der Waals surface area contributed by atoms with Crippen molar-refractivity contribution >= 4 is 37.2 Å². The van der Waals surface area contributed by atoms with E-state index >= 15 is 0 Å². The molecule has 1 unspecified atom stereocenters. The Kier molecular flexibility index (Phi) is 8.80. The van der Waals surface area contributed by atoms with E-state index in [4.69, 9.17) is 9.47 Å². The number of benzene rings is 2. The molecule has 1 fully saturated rings. The third kappa shape index (κ3) is 5.27. The molecule has 3 aliphatic heterocycles. The maximum absolute atomic E-state index is 14.0. The summed E-state index contributed by atoms with van der Waals surface area (Å²) in [4.78, 5) is 40.6. The second kappa shape index (κ2) is 12.1. The first-order valence-corrected chi connectivity index (χ1v) is 18.0. The number of ether oxygens (including phenoxy) is 2. The van der Waals surface area contributed by atoms with E-state index in [0.29, 0.717) is 49.4 Å². The lowest BCUT2D eigenvalue weighted by Gasteiger charge is -2.36. The van der Waals surface area contributed by atoms with Gasteiger partial charge < -0.3 is 35.1 Å². The standard InChI is InChI=1S/C31H43N3O7Si/c1-5-40-22-9-11-26-20(16-22)17-25(32-13-6-7-14-35)29(37)34(26)21-8-10-24-23(18-21)31(30(38)33-24)19(2)28(42(3,4)39)27(41-31)12-15-36/h8-11,16,18-19,25,27-28,32,35-36,39H,5-7,12-15,17H2,1-4H3,(H,33,38)/t19-,25?,27+,28-,31+/m0/s1. The Morgan fingerprint density at radius 3 is 2.62 bits per heavy atom. The molecule has 1 saturated heterocycles. The van der Waals surface area contributed by atoms with Crippen molar-refractivity contribution < 1.29 is 34.1 Å². The number of rotatable bonds is 11. The molecule has 2 aromatic carbocycles. The van der Waals surface area contributed by atoms with Crippen LogP contribution in [0.1, 0.15) is 44.2 Å². The Labute approximate surface area is 248 Å². The third-order valence-electron chi connectivity index (χ3n) is 8.92. The zero-order chi connectivity index (χ0) is 30.2. The topological polar surface area (TPSA) is 141 Å². The van der Waals surface area contributed by atoms with Crippen molar-refractivity contribution in [1.82, 2.24) is 5.32 Å². The number of carbonyl (C=O) groups excluding carboxylic acids is 2. The molecule has 11 heteroatoms. The summed E-state index contributed by atoms with van der Waals surface area (Å²) in [5.74, 6) is -0.0169. The van der Waals surface area contributed by atoms with Crippen molar-refractivity contribution in [2.45, 2.75) is 75.9 Å². The van der Waals surface area contributed by atoms with Gasteiger partial charge >= 0.3 is 0 Å². The fraction of sp³-hybridized carbons (Fsp3) is 0.548. The molecule has 0 aromatic heterocycles. The summed E-state index contributed by atoms with van der Waals surface area (Å²) in [5, 5.41) is 25.3. The number of nitrogens with zero attached hydrogens (tertiary/aromatic N) is 1. The Hall–Kier alpha value is -2.80. The van der Waals surface area contributed by atoms with E-state index in [1.54, 1.807) is 4.90 Å². The molecular formula is C31H43N3O7Si. The van der Waals surface area contributed by atoms with Gasteiger partial charge in [-0.25, -0.2) is 0 Å². The van der Waals surface area contributed by atoms with E-state index < -0.39 is 26.1 Å². The molecule has 5 N–H and O–H groups in total. The van der Waals surface area contributed by atoms with Crippen molar-refractivity contribution in [3.63, 3.8) is 0 Å². The summed E-state index contributed by atoms with van der Waals surface area (Å²) in [6, 6.07) is 10.8. The van der Waals surface area contributed by atoms with Crippen molar-refractivity contribution in [2.24, 2.45) is 5.92 Å². The van der Waals surface area contributed by atoms with Gasteiger partial charge in [0.1, 0.15) is 5.75 Å². The number of carbonyl (C=O) groups is 2. The molecule has 3 aliphatic rings. The number of hydrogen-bond acceptors (Lipinski definition) is 8. The van der Waals surface area contributed by atoms with E-state index in [2.05, 4.69) is 10.6 Å². The molecule has 0 saturated carbocycles. The van der Waals surface area contributed by atoms with Gasteiger partial charge in [-0.05, 0) is 94.2 Å². The maximum Gasteiger partial charge on any atom is 0.261 e. The zero-order valence-electron chi connectivity index (χ0n) is 24.9. The van der Waals surface area contributed by atoms with Crippen LogP contribution in [0.4, 0.5) is 17.1 Å². The van der Waals surface area contributed by atoms with Gasteiger partial charge in [-0.15, -0.1) is 0 Å². The maximum atomic E-state index is 14.0. The second-order valence-corrected chi connectivity index (χ2v) is 16.1. The number of unbranched alkanes of at least 4 members (excludes halogenated alkanes) is 1. The second-order valence-electron chi connectivity index (χ2n) is 12.1. The van der Waals surface area contributed by atoms with Gasteiger partial charge in [0.25, 0.3) is 5.91 Å². The molecule has 10 nitrogen and oxygen atoms in total. The van der Waals surface area contributed by atoms with Gasteiger partial charge in [0.15, 0.2) is 13.9 Å². The Balaban J connectivity index is 1.57. The number of aliphatic hydroxyl groups is 2. The summed E-state index contributed by atoms with van der Waals surface area (Å²) in [5.41, 5.74) is 1.97. The first-order valence-electron chi connectivity index (χ1n) is 15.0. The van der Waals surface area contributed by atoms with Crippen LogP contribution in [-0.2, 0) is 26.3 Å². The fourth-order valence-corrected chi connectivity index (χ4v) is 9.74. The highest BCUT2D eigenvalue weighted by atomic mass is 28.4.